The van der Waals surface area contributed by atoms with Crippen molar-refractivity contribution >= 4 is 29.3 Å². The van der Waals surface area contributed by atoms with Gasteiger partial charge in [-0.25, -0.2) is 4.79 Å². The summed E-state index contributed by atoms with van der Waals surface area (Å²) in [4.78, 5) is 38.3. The van der Waals surface area contributed by atoms with E-state index in [1.807, 2.05) is 31.2 Å². The minimum atomic E-state index is -0.636. The highest BCUT2D eigenvalue weighted by Crippen LogP contribution is 2.33. The Balaban J connectivity index is 1.89. The van der Waals surface area contributed by atoms with Crippen molar-refractivity contribution in [1.82, 2.24) is 5.32 Å². The molecule has 7 heteroatoms. The van der Waals surface area contributed by atoms with Gasteiger partial charge in [0.2, 0.25) is 5.91 Å². The van der Waals surface area contributed by atoms with Crippen LogP contribution in [0.2, 0.25) is 0 Å². The Morgan fingerprint density at radius 2 is 1.81 bits per heavy atom. The van der Waals surface area contributed by atoms with Crippen molar-refractivity contribution in [2.45, 2.75) is 26.3 Å². The van der Waals surface area contributed by atoms with Crippen LogP contribution in [0.3, 0.4) is 0 Å². The number of hydrogen-bond acceptors (Lipinski definition) is 4. The number of hydrogen-bond donors (Lipinski definition) is 2. The van der Waals surface area contributed by atoms with E-state index in [1.165, 1.54) is 11.8 Å². The van der Waals surface area contributed by atoms with Gasteiger partial charge in [0.1, 0.15) is 6.04 Å². The summed E-state index contributed by atoms with van der Waals surface area (Å²) < 4.78 is 5.14. The molecule has 1 aliphatic rings. The van der Waals surface area contributed by atoms with Crippen molar-refractivity contribution in [3.05, 3.63) is 54.1 Å². The molecular weight excluding hydrogens is 346 g/mol. The van der Waals surface area contributed by atoms with Gasteiger partial charge < -0.3 is 15.4 Å². The number of likely N-dealkylation sites (N-methyl/N-ethyl adjacent to an activating group) is 1. The summed E-state index contributed by atoms with van der Waals surface area (Å²) in [6, 6.07) is 13.0. The third-order valence-corrected chi connectivity index (χ3v) is 4.23. The lowest BCUT2D eigenvalue weighted by atomic mass is 10.1. The Morgan fingerprint density at radius 3 is 2.56 bits per heavy atom. The molecular formula is C20H21N3O4. The summed E-state index contributed by atoms with van der Waals surface area (Å²) in [5, 5.41) is 5.53. The maximum atomic E-state index is 13.0. The Hall–Kier alpha value is -3.35. The molecule has 0 aromatic heterocycles. The van der Waals surface area contributed by atoms with Crippen LogP contribution in [0, 0.1) is 0 Å². The number of anilines is 2. The van der Waals surface area contributed by atoms with Gasteiger partial charge in [0.25, 0.3) is 0 Å². The first-order valence-electron chi connectivity index (χ1n) is 8.74. The molecule has 7 nitrogen and oxygen atoms in total. The molecule has 2 N–H and O–H groups in total. The number of nitrogens with zero attached hydrogens (tertiary/aromatic N) is 1. The van der Waals surface area contributed by atoms with Crippen LogP contribution in [-0.2, 0) is 16.0 Å². The van der Waals surface area contributed by atoms with Gasteiger partial charge in [-0.05, 0) is 30.7 Å². The molecule has 140 valence electrons. The fraction of sp³-hybridized carbons (Fsp3) is 0.250. The zero-order valence-electron chi connectivity index (χ0n) is 15.2. The van der Waals surface area contributed by atoms with Crippen LogP contribution in [0.4, 0.5) is 16.2 Å². The summed E-state index contributed by atoms with van der Waals surface area (Å²) in [6.07, 6.45) is 0.445. The van der Waals surface area contributed by atoms with Crippen molar-refractivity contribution in [3.63, 3.8) is 0 Å². The van der Waals surface area contributed by atoms with Gasteiger partial charge in [-0.15, -0.1) is 0 Å². The Morgan fingerprint density at radius 1 is 1.11 bits per heavy atom. The van der Waals surface area contributed by atoms with E-state index in [0.717, 1.165) is 5.56 Å². The minimum Gasteiger partial charge on any atom is -0.424 e. The molecule has 0 saturated carbocycles. The predicted octanol–water partition coefficient (Wildman–Crippen LogP) is 2.71. The van der Waals surface area contributed by atoms with Gasteiger partial charge in [-0.3, -0.25) is 14.5 Å². The fourth-order valence-electron chi connectivity index (χ4n) is 3.13. The van der Waals surface area contributed by atoms with Crippen LogP contribution in [0.25, 0.3) is 0 Å². The van der Waals surface area contributed by atoms with Crippen molar-refractivity contribution < 1.29 is 19.1 Å². The number of benzene rings is 2. The lowest BCUT2D eigenvalue weighted by molar-refractivity contribution is -0.131. The number of amides is 3. The van der Waals surface area contributed by atoms with E-state index in [-0.39, 0.29) is 11.7 Å². The molecule has 3 amide bonds. The second kappa shape index (κ2) is 7.90. The normalized spacial score (nSPS) is 15.0. The van der Waals surface area contributed by atoms with Crippen molar-refractivity contribution in [2.75, 3.05) is 16.8 Å². The van der Waals surface area contributed by atoms with Crippen LogP contribution in [0.15, 0.2) is 48.5 Å². The van der Waals surface area contributed by atoms with E-state index >= 15 is 0 Å². The Kier molecular flexibility index (Phi) is 5.40. The zero-order chi connectivity index (χ0) is 19.4. The molecule has 3 rings (SSSR count). The molecule has 0 spiro atoms. The summed E-state index contributed by atoms with van der Waals surface area (Å²) >= 11 is 0. The largest absolute Gasteiger partial charge is 0.424 e. The monoisotopic (exact) mass is 367 g/mol. The lowest BCUT2D eigenvalue weighted by Crippen LogP contribution is -2.49. The zero-order valence-corrected chi connectivity index (χ0v) is 15.2. The first kappa shape index (κ1) is 18.4. The molecule has 1 unspecified atom stereocenters. The van der Waals surface area contributed by atoms with Crippen molar-refractivity contribution in [3.8, 4) is 5.75 Å². The smallest absolute Gasteiger partial charge is 0.327 e. The summed E-state index contributed by atoms with van der Waals surface area (Å²) in [7, 11) is 0. The number of carbonyl (C=O) groups is 3. The Bertz CT molecular complexity index is 881. The van der Waals surface area contributed by atoms with E-state index in [9.17, 15) is 14.4 Å². The number of fused-ring (bicyclic) bond motifs is 1. The fourth-order valence-corrected chi connectivity index (χ4v) is 3.13. The average Bonchev–Trinajstić information content (AvgIpc) is 3.03. The molecule has 27 heavy (non-hydrogen) atoms. The van der Waals surface area contributed by atoms with Crippen LogP contribution in [0.1, 0.15) is 19.4 Å². The maximum absolute atomic E-state index is 13.0. The van der Waals surface area contributed by atoms with E-state index in [1.54, 1.807) is 24.3 Å². The molecule has 1 atom stereocenters. The van der Waals surface area contributed by atoms with Gasteiger partial charge >= 0.3 is 12.0 Å². The number of ether oxygens (including phenoxy) is 1. The maximum Gasteiger partial charge on any atom is 0.327 e. The number of rotatable bonds is 4. The topological polar surface area (TPSA) is 87.7 Å². The lowest BCUT2D eigenvalue weighted by Gasteiger charge is -2.25. The molecule has 0 fully saturated rings. The molecule has 0 bridgehead atoms. The number of carbonyl (C=O) groups excluding carboxylic acids is 3. The van der Waals surface area contributed by atoms with E-state index in [2.05, 4.69) is 10.6 Å². The van der Waals surface area contributed by atoms with Gasteiger partial charge in [0.05, 0.1) is 5.69 Å². The SMILES string of the molecule is CCNC(=O)C1Cc2ccccc2N1C(=O)Nc1ccccc1OC(C)=O. The molecule has 2 aromatic rings. The average molecular weight is 367 g/mol. The summed E-state index contributed by atoms with van der Waals surface area (Å²) in [5.41, 5.74) is 1.98. The number of urea groups is 1. The van der Waals surface area contributed by atoms with Crippen molar-refractivity contribution in [1.29, 1.82) is 0 Å². The molecule has 0 radical (unpaired) electrons. The minimum absolute atomic E-state index is 0.211. The van der Waals surface area contributed by atoms with E-state index < -0.39 is 18.0 Å². The highest BCUT2D eigenvalue weighted by atomic mass is 16.5. The van der Waals surface area contributed by atoms with Crippen LogP contribution in [0.5, 0.6) is 5.75 Å². The molecule has 0 aliphatic carbocycles. The van der Waals surface area contributed by atoms with Crippen LogP contribution < -0.4 is 20.3 Å². The molecule has 1 aliphatic heterocycles. The van der Waals surface area contributed by atoms with Crippen LogP contribution >= 0.6 is 0 Å². The second-order valence-corrected chi connectivity index (χ2v) is 6.13. The predicted molar refractivity (Wildman–Crippen MR) is 102 cm³/mol. The summed E-state index contributed by atoms with van der Waals surface area (Å²) in [5.74, 6) is -0.444. The Labute approximate surface area is 157 Å². The third-order valence-electron chi connectivity index (χ3n) is 4.23. The molecule has 2 aromatic carbocycles. The van der Waals surface area contributed by atoms with Crippen molar-refractivity contribution in [2.24, 2.45) is 0 Å². The van der Waals surface area contributed by atoms with Gasteiger partial charge in [-0.2, -0.15) is 0 Å². The van der Waals surface area contributed by atoms with Crippen LogP contribution in [-0.4, -0.2) is 30.5 Å². The van der Waals surface area contributed by atoms with E-state index in [4.69, 9.17) is 4.74 Å². The van der Waals surface area contributed by atoms with Gasteiger partial charge in [0.15, 0.2) is 5.75 Å². The first-order valence-corrected chi connectivity index (χ1v) is 8.74. The number of esters is 1. The standard InChI is InChI=1S/C20H21N3O4/c1-3-21-19(25)17-12-14-8-4-6-10-16(14)23(17)20(26)22-15-9-5-7-11-18(15)27-13(2)24/h4-11,17H,3,12H2,1-2H3,(H,21,25)(H,22,26). The second-order valence-electron chi connectivity index (χ2n) is 6.13. The molecule has 1 heterocycles. The third kappa shape index (κ3) is 3.92. The number of para-hydroxylation sites is 3. The van der Waals surface area contributed by atoms with E-state index in [0.29, 0.717) is 24.3 Å². The van der Waals surface area contributed by atoms with Gasteiger partial charge in [0, 0.05) is 25.6 Å². The first-order chi connectivity index (χ1) is 13.0. The quantitative estimate of drug-likeness (QED) is 0.642. The highest BCUT2D eigenvalue weighted by Gasteiger charge is 2.38. The number of nitrogens with one attached hydrogen (secondary N) is 2. The van der Waals surface area contributed by atoms with Gasteiger partial charge in [-0.1, -0.05) is 30.3 Å². The summed E-state index contributed by atoms with van der Waals surface area (Å²) in [6.45, 7) is 3.61. The molecule has 0 saturated heterocycles. The highest BCUT2D eigenvalue weighted by molar-refractivity contribution is 6.09.